The van der Waals surface area contributed by atoms with Gasteiger partial charge in [-0.2, -0.15) is 0 Å². The molecule has 0 aliphatic rings. The third-order valence-electron chi connectivity index (χ3n) is 2.18. The first-order valence-electron chi connectivity index (χ1n) is 4.48. The molecule has 0 amide bonds. The van der Waals surface area contributed by atoms with Gasteiger partial charge in [-0.3, -0.25) is 0 Å². The van der Waals surface area contributed by atoms with Crippen molar-refractivity contribution in [3.8, 4) is 5.75 Å². The van der Waals surface area contributed by atoms with Crippen molar-refractivity contribution < 1.29 is 14.6 Å². The number of phenols is 1. The molecule has 0 heterocycles. The summed E-state index contributed by atoms with van der Waals surface area (Å²) < 4.78 is 12.8. The van der Waals surface area contributed by atoms with Gasteiger partial charge in [0.15, 0.2) is 0 Å². The number of benzene rings is 1. The molecule has 0 bridgehead atoms. The number of halogens is 1. The SMILES string of the molecule is CC[C@H](O)[C@H](N)c1cc(F)ccc1O. The van der Waals surface area contributed by atoms with Gasteiger partial charge >= 0.3 is 0 Å². The predicted molar refractivity (Wildman–Crippen MR) is 51.3 cm³/mol. The van der Waals surface area contributed by atoms with Crippen molar-refractivity contribution in [2.24, 2.45) is 5.73 Å². The molecule has 1 aromatic carbocycles. The van der Waals surface area contributed by atoms with Gasteiger partial charge in [0.25, 0.3) is 0 Å². The highest BCUT2D eigenvalue weighted by atomic mass is 19.1. The summed E-state index contributed by atoms with van der Waals surface area (Å²) in [4.78, 5) is 0. The fraction of sp³-hybridized carbons (Fsp3) is 0.400. The minimum Gasteiger partial charge on any atom is -0.508 e. The second-order valence-corrected chi connectivity index (χ2v) is 3.20. The van der Waals surface area contributed by atoms with Crippen LogP contribution in [0.4, 0.5) is 4.39 Å². The lowest BCUT2D eigenvalue weighted by Gasteiger charge is -2.18. The van der Waals surface area contributed by atoms with Crippen LogP contribution in [0.3, 0.4) is 0 Å². The highest BCUT2D eigenvalue weighted by Crippen LogP contribution is 2.26. The molecule has 0 fully saturated rings. The molecular weight excluding hydrogens is 185 g/mol. The maximum atomic E-state index is 12.8. The lowest BCUT2D eigenvalue weighted by molar-refractivity contribution is 0.139. The first kappa shape index (κ1) is 10.9. The van der Waals surface area contributed by atoms with Gasteiger partial charge in [0, 0.05) is 5.56 Å². The van der Waals surface area contributed by atoms with E-state index in [4.69, 9.17) is 5.73 Å². The van der Waals surface area contributed by atoms with E-state index in [1.165, 1.54) is 6.07 Å². The van der Waals surface area contributed by atoms with Crippen molar-refractivity contribution in [3.63, 3.8) is 0 Å². The summed E-state index contributed by atoms with van der Waals surface area (Å²) in [7, 11) is 0. The molecule has 3 nitrogen and oxygen atoms in total. The molecule has 0 aliphatic carbocycles. The maximum Gasteiger partial charge on any atom is 0.123 e. The van der Waals surface area contributed by atoms with Crippen LogP contribution in [0.5, 0.6) is 5.75 Å². The summed E-state index contributed by atoms with van der Waals surface area (Å²) in [5.41, 5.74) is 5.88. The summed E-state index contributed by atoms with van der Waals surface area (Å²) >= 11 is 0. The number of hydrogen-bond donors (Lipinski definition) is 3. The lowest BCUT2D eigenvalue weighted by atomic mass is 10.00. The quantitative estimate of drug-likeness (QED) is 0.687. The van der Waals surface area contributed by atoms with Crippen LogP contribution in [-0.2, 0) is 0 Å². The lowest BCUT2D eigenvalue weighted by Crippen LogP contribution is -2.25. The van der Waals surface area contributed by atoms with Gasteiger partial charge in [0.1, 0.15) is 11.6 Å². The summed E-state index contributed by atoms with van der Waals surface area (Å²) in [6.45, 7) is 1.76. The van der Waals surface area contributed by atoms with E-state index < -0.39 is 18.0 Å². The summed E-state index contributed by atoms with van der Waals surface area (Å²) in [6, 6.07) is 2.76. The number of aliphatic hydroxyl groups excluding tert-OH is 1. The van der Waals surface area contributed by atoms with E-state index in [2.05, 4.69) is 0 Å². The van der Waals surface area contributed by atoms with Crippen molar-refractivity contribution in [1.29, 1.82) is 0 Å². The van der Waals surface area contributed by atoms with Crippen LogP contribution >= 0.6 is 0 Å². The highest BCUT2D eigenvalue weighted by Gasteiger charge is 2.18. The molecular formula is C10H14FNO2. The van der Waals surface area contributed by atoms with Gasteiger partial charge in [-0.05, 0) is 24.6 Å². The number of aliphatic hydroxyl groups is 1. The Labute approximate surface area is 82.0 Å². The van der Waals surface area contributed by atoms with Gasteiger partial charge in [0.2, 0.25) is 0 Å². The van der Waals surface area contributed by atoms with Crippen LogP contribution < -0.4 is 5.73 Å². The van der Waals surface area contributed by atoms with Crippen molar-refractivity contribution in [3.05, 3.63) is 29.6 Å². The molecule has 0 saturated heterocycles. The van der Waals surface area contributed by atoms with Crippen molar-refractivity contribution >= 4 is 0 Å². The van der Waals surface area contributed by atoms with Gasteiger partial charge in [0.05, 0.1) is 12.1 Å². The second kappa shape index (κ2) is 4.39. The third-order valence-corrected chi connectivity index (χ3v) is 2.18. The molecule has 4 heteroatoms. The van der Waals surface area contributed by atoms with Crippen molar-refractivity contribution in [1.82, 2.24) is 0 Å². The number of rotatable bonds is 3. The number of nitrogens with two attached hydrogens (primary N) is 1. The Morgan fingerprint density at radius 2 is 2.14 bits per heavy atom. The molecule has 78 valence electrons. The van der Waals surface area contributed by atoms with Gasteiger partial charge in [-0.25, -0.2) is 4.39 Å². The largest absolute Gasteiger partial charge is 0.508 e. The molecule has 0 radical (unpaired) electrons. The van der Waals surface area contributed by atoms with E-state index in [0.717, 1.165) is 12.1 Å². The van der Waals surface area contributed by atoms with Crippen LogP contribution in [-0.4, -0.2) is 16.3 Å². The van der Waals surface area contributed by atoms with Crippen LogP contribution in [0.1, 0.15) is 24.9 Å². The Bertz CT molecular complexity index is 317. The normalized spacial score (nSPS) is 15.1. The fourth-order valence-electron chi connectivity index (χ4n) is 1.25. The predicted octanol–water partition coefficient (Wildman–Crippen LogP) is 1.30. The van der Waals surface area contributed by atoms with E-state index >= 15 is 0 Å². The van der Waals surface area contributed by atoms with E-state index in [1.54, 1.807) is 6.92 Å². The van der Waals surface area contributed by atoms with E-state index in [0.29, 0.717) is 6.42 Å². The van der Waals surface area contributed by atoms with Crippen molar-refractivity contribution in [2.75, 3.05) is 0 Å². The molecule has 4 N–H and O–H groups in total. The monoisotopic (exact) mass is 199 g/mol. The number of hydrogen-bond acceptors (Lipinski definition) is 3. The van der Waals surface area contributed by atoms with E-state index in [-0.39, 0.29) is 11.3 Å². The number of phenolic OH excluding ortho intramolecular Hbond substituents is 1. The van der Waals surface area contributed by atoms with Crippen LogP contribution in [0, 0.1) is 5.82 Å². The maximum absolute atomic E-state index is 12.8. The minimum atomic E-state index is -0.775. The molecule has 0 aliphatic heterocycles. The van der Waals surface area contributed by atoms with E-state index in [9.17, 15) is 14.6 Å². The molecule has 2 atom stereocenters. The zero-order valence-electron chi connectivity index (χ0n) is 7.94. The van der Waals surface area contributed by atoms with Crippen LogP contribution in [0.2, 0.25) is 0 Å². The zero-order valence-corrected chi connectivity index (χ0v) is 7.94. The highest BCUT2D eigenvalue weighted by molar-refractivity contribution is 5.35. The Morgan fingerprint density at radius 1 is 1.50 bits per heavy atom. The van der Waals surface area contributed by atoms with Gasteiger partial charge in [-0.1, -0.05) is 6.92 Å². The zero-order chi connectivity index (χ0) is 10.7. The van der Waals surface area contributed by atoms with Crippen LogP contribution in [0.25, 0.3) is 0 Å². The average molecular weight is 199 g/mol. The summed E-state index contributed by atoms with van der Waals surface area (Å²) in [5.74, 6) is -0.567. The Kier molecular flexibility index (Phi) is 3.43. The third kappa shape index (κ3) is 2.21. The molecule has 0 unspecified atom stereocenters. The smallest absolute Gasteiger partial charge is 0.123 e. The Balaban J connectivity index is 2.99. The molecule has 1 rings (SSSR count). The Morgan fingerprint density at radius 3 is 2.71 bits per heavy atom. The number of aromatic hydroxyl groups is 1. The molecule has 1 aromatic rings. The van der Waals surface area contributed by atoms with Crippen LogP contribution in [0.15, 0.2) is 18.2 Å². The molecule has 14 heavy (non-hydrogen) atoms. The average Bonchev–Trinajstić information content (AvgIpc) is 2.19. The first-order valence-corrected chi connectivity index (χ1v) is 4.48. The summed E-state index contributed by atoms with van der Waals surface area (Å²) in [5, 5.41) is 18.8. The fourth-order valence-corrected chi connectivity index (χ4v) is 1.25. The minimum absolute atomic E-state index is 0.0913. The van der Waals surface area contributed by atoms with Gasteiger partial charge < -0.3 is 15.9 Å². The summed E-state index contributed by atoms with van der Waals surface area (Å²) in [6.07, 6.45) is -0.320. The first-order chi connectivity index (χ1) is 6.56. The Hall–Kier alpha value is -1.13. The molecule has 0 spiro atoms. The van der Waals surface area contributed by atoms with E-state index in [1.807, 2.05) is 0 Å². The molecule has 0 saturated carbocycles. The second-order valence-electron chi connectivity index (χ2n) is 3.20. The topological polar surface area (TPSA) is 66.5 Å². The van der Waals surface area contributed by atoms with Crippen molar-refractivity contribution in [2.45, 2.75) is 25.5 Å². The molecule has 0 aromatic heterocycles. The standard InChI is InChI=1S/C10H14FNO2/c1-2-8(13)10(12)7-5-6(11)3-4-9(7)14/h3-5,8,10,13-14H,2,12H2,1H3/t8-,10+/m0/s1. The van der Waals surface area contributed by atoms with Gasteiger partial charge in [-0.15, -0.1) is 0 Å².